The molecule has 1 aromatic heterocycles. The number of nitrogens with zero attached hydrogens (tertiary/aromatic N) is 5. The summed E-state index contributed by atoms with van der Waals surface area (Å²) in [6.07, 6.45) is 1.41. The summed E-state index contributed by atoms with van der Waals surface area (Å²) in [5.41, 5.74) is -0.191. The van der Waals surface area contributed by atoms with Crippen LogP contribution >= 0.6 is 23.2 Å². The fraction of sp³-hybridized carbons (Fsp3) is 0.231. The zero-order valence-corrected chi connectivity index (χ0v) is 22.9. The molecule has 11 nitrogen and oxygen atoms in total. The molecule has 13 heteroatoms. The van der Waals surface area contributed by atoms with Crippen LogP contribution in [0.5, 0.6) is 5.75 Å². The van der Waals surface area contributed by atoms with Crippen LogP contribution < -0.4 is 21.4 Å². The van der Waals surface area contributed by atoms with Crippen molar-refractivity contribution in [3.63, 3.8) is 0 Å². The molecule has 1 N–H and O–H groups in total. The molecule has 0 aliphatic carbocycles. The number of methoxy groups -OCH3 is 1. The lowest BCUT2D eigenvalue weighted by Gasteiger charge is -2.17. The van der Waals surface area contributed by atoms with Crippen LogP contribution in [0.25, 0.3) is 0 Å². The summed E-state index contributed by atoms with van der Waals surface area (Å²) in [6.45, 7) is 4.79. The molecule has 0 fully saturated rings. The normalized spacial score (nSPS) is 12.5. The number of nitrogens with one attached hydrogen (secondary N) is 1. The molecule has 0 aliphatic rings. The highest BCUT2D eigenvalue weighted by Crippen LogP contribution is 2.20. The van der Waals surface area contributed by atoms with Crippen LogP contribution in [0, 0.1) is 5.92 Å². The molecule has 0 spiro atoms. The van der Waals surface area contributed by atoms with E-state index in [0.29, 0.717) is 16.5 Å². The van der Waals surface area contributed by atoms with Gasteiger partial charge in [-0.25, -0.2) is 14.2 Å². The molecule has 0 radical (unpaired) electrons. The van der Waals surface area contributed by atoms with Crippen molar-refractivity contribution in [1.82, 2.24) is 14.1 Å². The van der Waals surface area contributed by atoms with Gasteiger partial charge in [0.25, 0.3) is 0 Å². The van der Waals surface area contributed by atoms with Crippen molar-refractivity contribution in [2.75, 3.05) is 19.5 Å². The van der Waals surface area contributed by atoms with E-state index in [9.17, 15) is 14.4 Å². The second-order valence-corrected chi connectivity index (χ2v) is 9.01. The van der Waals surface area contributed by atoms with E-state index >= 15 is 0 Å². The summed E-state index contributed by atoms with van der Waals surface area (Å²) < 4.78 is 12.6. The van der Waals surface area contributed by atoms with Gasteiger partial charge in [-0.3, -0.25) is 19.3 Å². The first kappa shape index (κ1) is 29.3. The van der Waals surface area contributed by atoms with Gasteiger partial charge in [-0.2, -0.15) is 4.98 Å². The first-order valence-corrected chi connectivity index (χ1v) is 12.3. The number of aliphatic imine (C=N–C) groups is 2. The molecule has 0 bridgehead atoms. The van der Waals surface area contributed by atoms with Gasteiger partial charge in [0, 0.05) is 30.4 Å². The number of esters is 1. The van der Waals surface area contributed by atoms with Gasteiger partial charge in [-0.1, -0.05) is 42.3 Å². The molecule has 0 saturated heterocycles. The van der Waals surface area contributed by atoms with E-state index < -0.39 is 23.3 Å². The summed E-state index contributed by atoms with van der Waals surface area (Å²) in [4.78, 5) is 49.9. The molecule has 39 heavy (non-hydrogen) atoms. The van der Waals surface area contributed by atoms with Gasteiger partial charge in [0.1, 0.15) is 10.9 Å². The number of hydrogen-bond donors (Lipinski definition) is 1. The van der Waals surface area contributed by atoms with Crippen LogP contribution in [0.15, 0.2) is 79.3 Å². The fourth-order valence-corrected chi connectivity index (χ4v) is 3.61. The van der Waals surface area contributed by atoms with Gasteiger partial charge in [-0.15, -0.1) is 0 Å². The van der Waals surface area contributed by atoms with Crippen molar-refractivity contribution in [2.45, 2.75) is 20.0 Å². The molecule has 3 aromatic rings. The van der Waals surface area contributed by atoms with E-state index in [4.69, 9.17) is 32.7 Å². The molecular weight excluding hydrogens is 547 g/mol. The van der Waals surface area contributed by atoms with Crippen LogP contribution in [0.3, 0.4) is 0 Å². The van der Waals surface area contributed by atoms with Crippen molar-refractivity contribution in [2.24, 2.45) is 15.9 Å². The van der Waals surface area contributed by atoms with E-state index in [1.165, 1.54) is 24.8 Å². The van der Waals surface area contributed by atoms with Crippen LogP contribution in [0.2, 0.25) is 5.02 Å². The van der Waals surface area contributed by atoms with Gasteiger partial charge >= 0.3 is 17.3 Å². The number of carbonyl (C=O) groups excluding carboxylic acids is 1. The second-order valence-electron chi connectivity index (χ2n) is 8.19. The van der Waals surface area contributed by atoms with Crippen molar-refractivity contribution in [3.8, 4) is 5.75 Å². The Hall–Kier alpha value is -4.22. The number of rotatable bonds is 10. The number of aromatic nitrogens is 3. The molecule has 0 saturated carbocycles. The van der Waals surface area contributed by atoms with E-state index in [1.807, 2.05) is 0 Å². The third-order valence-corrected chi connectivity index (χ3v) is 5.89. The maximum Gasteiger partial charge on any atom is 0.354 e. The van der Waals surface area contributed by atoms with Crippen LogP contribution in [-0.2, 0) is 22.6 Å². The zero-order chi connectivity index (χ0) is 28.5. The molecule has 2 aromatic carbocycles. The molecule has 3 rings (SSSR count). The van der Waals surface area contributed by atoms with Gasteiger partial charge in [-0.05, 0) is 48.7 Å². The smallest absolute Gasteiger partial charge is 0.354 e. The highest BCUT2D eigenvalue weighted by molar-refractivity contribution is 6.31. The van der Waals surface area contributed by atoms with Gasteiger partial charge in [0.05, 0.1) is 19.6 Å². The zero-order valence-electron chi connectivity index (χ0n) is 21.4. The Morgan fingerprint density at radius 2 is 1.82 bits per heavy atom. The van der Waals surface area contributed by atoms with Crippen molar-refractivity contribution in [1.29, 1.82) is 0 Å². The van der Waals surface area contributed by atoms with Gasteiger partial charge in [0.2, 0.25) is 11.8 Å². The average Bonchev–Trinajstić information content (AvgIpc) is 2.93. The summed E-state index contributed by atoms with van der Waals surface area (Å²) in [5.74, 6) is -0.606. The third kappa shape index (κ3) is 7.88. The first-order chi connectivity index (χ1) is 18.6. The molecule has 1 atom stereocenters. The number of carbonyl (C=O) groups is 1. The van der Waals surface area contributed by atoms with Crippen molar-refractivity contribution >= 4 is 53.4 Å². The highest BCUT2D eigenvalue weighted by Gasteiger charge is 2.20. The average molecular weight is 573 g/mol. The quantitative estimate of drug-likeness (QED) is 0.169. The van der Waals surface area contributed by atoms with Crippen molar-refractivity contribution in [3.05, 3.63) is 91.3 Å². The molecular formula is C26H26Cl2N6O5. The van der Waals surface area contributed by atoms with Crippen LogP contribution in [0.1, 0.15) is 12.5 Å². The lowest BCUT2D eigenvalue weighted by Crippen LogP contribution is -2.44. The maximum absolute atomic E-state index is 13.4. The number of benzene rings is 2. The lowest BCUT2D eigenvalue weighted by atomic mass is 10.2. The Labute approximate surface area is 234 Å². The molecule has 1 heterocycles. The molecule has 0 unspecified atom stereocenters. The Bertz CT molecular complexity index is 1510. The third-order valence-electron chi connectivity index (χ3n) is 5.41. The van der Waals surface area contributed by atoms with Crippen LogP contribution in [0.4, 0.5) is 11.6 Å². The summed E-state index contributed by atoms with van der Waals surface area (Å²) >= 11 is 11.9. The van der Waals surface area contributed by atoms with Gasteiger partial charge < -0.3 is 14.8 Å². The van der Waals surface area contributed by atoms with E-state index in [-0.39, 0.29) is 30.1 Å². The SMILES string of the molecule is C=N/C(Cl)=C\C(=NC)Oc1ccc(Nc2nc(=O)n(C[C@H](C)C(=O)OC)c(=O)n2Cc2ccc(Cl)cc2)cc1. The minimum absolute atomic E-state index is 0.0122. The van der Waals surface area contributed by atoms with Crippen LogP contribution in [-0.4, -0.2) is 46.9 Å². The van der Waals surface area contributed by atoms with Gasteiger partial charge in [0.15, 0.2) is 0 Å². The lowest BCUT2D eigenvalue weighted by molar-refractivity contribution is -0.145. The minimum Gasteiger partial charge on any atom is -0.469 e. The van der Waals surface area contributed by atoms with Crippen molar-refractivity contribution < 1.29 is 14.3 Å². The predicted molar refractivity (Wildman–Crippen MR) is 152 cm³/mol. The Kier molecular flexibility index (Phi) is 10.2. The highest BCUT2D eigenvalue weighted by atomic mass is 35.5. The topological polar surface area (TPSA) is 129 Å². The van der Waals surface area contributed by atoms with E-state index in [1.54, 1.807) is 55.5 Å². The molecule has 0 aliphatic heterocycles. The largest absolute Gasteiger partial charge is 0.469 e. The number of hydrogen-bond acceptors (Lipinski definition) is 9. The number of anilines is 2. The first-order valence-electron chi connectivity index (χ1n) is 11.5. The summed E-state index contributed by atoms with van der Waals surface area (Å²) in [7, 11) is 2.77. The molecule has 0 amide bonds. The van der Waals surface area contributed by atoms with E-state index in [2.05, 4.69) is 27.0 Å². The molecule has 204 valence electrons. The summed E-state index contributed by atoms with van der Waals surface area (Å²) in [6, 6.07) is 13.5. The Balaban J connectivity index is 1.96. The second kappa shape index (κ2) is 13.5. The van der Waals surface area contributed by atoms with E-state index in [0.717, 1.165) is 10.1 Å². The minimum atomic E-state index is -0.811. The monoisotopic (exact) mass is 572 g/mol. The predicted octanol–water partition coefficient (Wildman–Crippen LogP) is 3.85. The Morgan fingerprint density at radius 1 is 1.15 bits per heavy atom. The number of halogens is 2. The number of ether oxygens (including phenoxy) is 2. The standard InChI is InChI=1S/C26H26Cl2N6O5/c1-16(23(35)38-4)14-34-25(36)32-24(33(26(34)37)15-17-5-7-18(27)8-6-17)31-19-9-11-20(12-10-19)39-22(30-3)13-21(28)29-2/h5-13,16H,2,14-15H2,1,3-4H3,(H,31,32,36)/b21-13-,30-22?/t16-/m0/s1. The fourth-order valence-electron chi connectivity index (χ4n) is 3.39. The Morgan fingerprint density at radius 3 is 2.41 bits per heavy atom. The maximum atomic E-state index is 13.4. The summed E-state index contributed by atoms with van der Waals surface area (Å²) in [5, 5.41) is 3.67.